The van der Waals surface area contributed by atoms with E-state index in [-0.39, 0.29) is 30.6 Å². The van der Waals surface area contributed by atoms with Gasteiger partial charge < -0.3 is 10.3 Å². The second kappa shape index (κ2) is 9.82. The lowest BCUT2D eigenvalue weighted by molar-refractivity contribution is -0.127. The fraction of sp³-hybridized carbons (Fsp3) is 0.593. The molecule has 3 fully saturated rings. The van der Waals surface area contributed by atoms with Gasteiger partial charge in [-0.15, -0.1) is 0 Å². The Balaban J connectivity index is 1.10. The fourth-order valence-corrected chi connectivity index (χ4v) is 6.50. The number of nitriles is 1. The highest BCUT2D eigenvalue weighted by molar-refractivity contribution is 5.90. The number of carbonyl (C=O) groups is 1. The largest absolute Gasteiger partial charge is 0.346 e. The van der Waals surface area contributed by atoms with Crippen LogP contribution in [0.25, 0.3) is 22.3 Å². The van der Waals surface area contributed by atoms with Gasteiger partial charge in [0.2, 0.25) is 5.92 Å². The van der Waals surface area contributed by atoms with Gasteiger partial charge in [0.05, 0.1) is 24.4 Å². The Kier molecular flexibility index (Phi) is 6.48. The van der Waals surface area contributed by atoms with Crippen LogP contribution in [0.2, 0.25) is 0 Å². The lowest BCUT2D eigenvalue weighted by Gasteiger charge is -2.53. The zero-order valence-electron chi connectivity index (χ0n) is 21.2. The summed E-state index contributed by atoms with van der Waals surface area (Å²) in [5, 5.41) is 18.7. The van der Waals surface area contributed by atoms with Gasteiger partial charge in [0, 0.05) is 73.7 Å². The molecule has 5 heterocycles. The van der Waals surface area contributed by atoms with Crippen LogP contribution in [0.3, 0.4) is 0 Å². The van der Waals surface area contributed by atoms with Gasteiger partial charge >= 0.3 is 0 Å². The van der Waals surface area contributed by atoms with Crippen molar-refractivity contribution in [3.8, 4) is 17.3 Å². The fourth-order valence-electron chi connectivity index (χ4n) is 6.50. The summed E-state index contributed by atoms with van der Waals surface area (Å²) in [6.45, 7) is 2.25. The van der Waals surface area contributed by atoms with E-state index in [2.05, 4.69) is 36.3 Å². The van der Waals surface area contributed by atoms with Crippen molar-refractivity contribution in [1.29, 1.82) is 5.26 Å². The smallest absolute Gasteiger partial charge is 0.248 e. The van der Waals surface area contributed by atoms with E-state index in [1.165, 1.54) is 6.33 Å². The number of nitrogens with one attached hydrogen (secondary N) is 2. The number of likely N-dealkylation sites (tertiary alicyclic amines) is 1. The predicted molar refractivity (Wildman–Crippen MR) is 136 cm³/mol. The van der Waals surface area contributed by atoms with Crippen molar-refractivity contribution in [3.63, 3.8) is 0 Å². The zero-order valence-corrected chi connectivity index (χ0v) is 21.2. The molecule has 2 unspecified atom stereocenters. The van der Waals surface area contributed by atoms with Crippen LogP contribution in [-0.4, -0.2) is 73.1 Å². The number of ketones is 1. The Labute approximate surface area is 219 Å². The minimum absolute atomic E-state index is 0.0625. The van der Waals surface area contributed by atoms with Crippen molar-refractivity contribution in [2.24, 2.45) is 5.92 Å². The molecule has 9 nitrogen and oxygen atoms in total. The van der Waals surface area contributed by atoms with E-state index in [4.69, 9.17) is 0 Å². The van der Waals surface area contributed by atoms with Gasteiger partial charge in [-0.2, -0.15) is 10.4 Å². The van der Waals surface area contributed by atoms with E-state index in [0.717, 1.165) is 41.7 Å². The standard InChI is InChI=1S/C27H32F2N8O/c28-27(29)5-1-18(2-6-27)23(38)12-20-11-21(3-9-31-20)36-15-26(16-36,7-8-30)37-14-19(13-35-37)24-22-4-10-32-25(22)34-17-33-24/h4,10,13-14,17-18,20-21,31H,1-3,5-7,9,11-12,15-16H2,(H,32,33,34). The first-order valence-electron chi connectivity index (χ1n) is 13.4. The molecule has 0 spiro atoms. The van der Waals surface area contributed by atoms with Crippen molar-refractivity contribution in [2.75, 3.05) is 19.6 Å². The van der Waals surface area contributed by atoms with E-state index in [0.29, 0.717) is 44.8 Å². The molecule has 11 heteroatoms. The molecule has 2 atom stereocenters. The molecule has 1 aliphatic carbocycles. The molecule has 2 N–H and O–H groups in total. The summed E-state index contributed by atoms with van der Waals surface area (Å²) < 4.78 is 28.9. The summed E-state index contributed by atoms with van der Waals surface area (Å²) in [6.07, 6.45) is 9.93. The number of nitrogens with zero attached hydrogens (tertiary/aromatic N) is 6. The Morgan fingerprint density at radius 3 is 2.82 bits per heavy atom. The molecule has 3 aliphatic rings. The average molecular weight is 523 g/mol. The molecule has 38 heavy (non-hydrogen) atoms. The van der Waals surface area contributed by atoms with Crippen LogP contribution in [0.4, 0.5) is 8.78 Å². The minimum atomic E-state index is -2.61. The highest BCUT2D eigenvalue weighted by atomic mass is 19.3. The molecule has 200 valence electrons. The van der Waals surface area contributed by atoms with E-state index in [1.54, 1.807) is 6.20 Å². The van der Waals surface area contributed by atoms with Gasteiger partial charge in [0.15, 0.2) is 0 Å². The number of aromatic amines is 1. The molecule has 2 saturated heterocycles. The second-order valence-electron chi connectivity index (χ2n) is 11.2. The first-order valence-corrected chi connectivity index (χ1v) is 13.4. The summed E-state index contributed by atoms with van der Waals surface area (Å²) in [7, 11) is 0. The number of hydrogen-bond acceptors (Lipinski definition) is 7. The van der Waals surface area contributed by atoms with Crippen molar-refractivity contribution in [3.05, 3.63) is 31.0 Å². The van der Waals surface area contributed by atoms with E-state index < -0.39 is 11.5 Å². The maximum Gasteiger partial charge on any atom is 0.248 e. The van der Waals surface area contributed by atoms with E-state index >= 15 is 0 Å². The molecule has 2 aliphatic heterocycles. The molecule has 0 aromatic carbocycles. The molecule has 1 saturated carbocycles. The quantitative estimate of drug-likeness (QED) is 0.487. The van der Waals surface area contributed by atoms with Crippen LogP contribution in [0.1, 0.15) is 51.4 Å². The number of halogens is 2. The molecule has 0 amide bonds. The average Bonchev–Trinajstić information content (AvgIpc) is 3.56. The molecule has 3 aromatic heterocycles. The third kappa shape index (κ3) is 4.71. The number of rotatable bonds is 7. The number of Topliss-reactive ketones (excluding diaryl/α,β-unsaturated/α-hetero) is 1. The number of hydrogen-bond donors (Lipinski definition) is 2. The second-order valence-corrected chi connectivity index (χ2v) is 11.2. The first-order chi connectivity index (χ1) is 18.4. The first kappa shape index (κ1) is 25.1. The van der Waals surface area contributed by atoms with Gasteiger partial charge in [-0.05, 0) is 38.3 Å². The number of H-pyrrole nitrogens is 1. The Hall–Kier alpha value is -3.23. The SMILES string of the molecule is N#CCC1(n2cc(-c3ncnc4[nH]ccc34)cn2)CN(C2CCNC(CC(=O)C3CCC(F)(F)CC3)C2)C1. The molecule has 3 aromatic rings. The number of carbonyl (C=O) groups excluding carboxylic acids is 1. The topological polar surface area (TPSA) is 116 Å². The minimum Gasteiger partial charge on any atom is -0.346 e. The summed E-state index contributed by atoms with van der Waals surface area (Å²) in [5.41, 5.74) is 2.05. The number of fused-ring (bicyclic) bond motifs is 1. The maximum absolute atomic E-state index is 13.5. The van der Waals surface area contributed by atoms with Crippen LogP contribution < -0.4 is 5.32 Å². The Bertz CT molecular complexity index is 1340. The van der Waals surface area contributed by atoms with Crippen molar-refractivity contribution in [2.45, 2.75) is 74.9 Å². The van der Waals surface area contributed by atoms with E-state index in [1.807, 2.05) is 23.1 Å². The monoisotopic (exact) mass is 522 g/mol. The zero-order chi connectivity index (χ0) is 26.3. The van der Waals surface area contributed by atoms with Crippen LogP contribution in [0.15, 0.2) is 31.0 Å². The van der Waals surface area contributed by atoms with Crippen LogP contribution >= 0.6 is 0 Å². The van der Waals surface area contributed by atoms with Gasteiger partial charge in [-0.1, -0.05) is 0 Å². The summed E-state index contributed by atoms with van der Waals surface area (Å²) in [6, 6.07) is 4.68. The Morgan fingerprint density at radius 1 is 1.21 bits per heavy atom. The summed E-state index contributed by atoms with van der Waals surface area (Å²) >= 11 is 0. The van der Waals surface area contributed by atoms with E-state index in [9.17, 15) is 18.8 Å². The van der Waals surface area contributed by atoms with Gasteiger partial charge in [-0.3, -0.25) is 14.4 Å². The van der Waals surface area contributed by atoms with Gasteiger partial charge in [0.1, 0.15) is 23.3 Å². The third-order valence-corrected chi connectivity index (χ3v) is 8.70. The molecular formula is C27H32F2N8O. The van der Waals surface area contributed by atoms with Gasteiger partial charge in [-0.25, -0.2) is 18.7 Å². The predicted octanol–water partition coefficient (Wildman–Crippen LogP) is 3.65. The normalized spacial score (nSPS) is 25.6. The highest BCUT2D eigenvalue weighted by Crippen LogP contribution is 2.39. The Morgan fingerprint density at radius 2 is 2.03 bits per heavy atom. The highest BCUT2D eigenvalue weighted by Gasteiger charge is 2.48. The van der Waals surface area contributed by atoms with Crippen LogP contribution in [0, 0.1) is 17.2 Å². The lowest BCUT2D eigenvalue weighted by atomic mass is 9.80. The number of aromatic nitrogens is 5. The number of piperidine rings is 1. The third-order valence-electron chi connectivity index (χ3n) is 8.70. The maximum atomic E-state index is 13.5. The van der Waals surface area contributed by atoms with Crippen molar-refractivity contribution >= 4 is 16.8 Å². The summed E-state index contributed by atoms with van der Waals surface area (Å²) in [4.78, 5) is 27.1. The van der Waals surface area contributed by atoms with Crippen LogP contribution in [-0.2, 0) is 10.3 Å². The summed E-state index contributed by atoms with van der Waals surface area (Å²) in [5.74, 6) is -2.73. The lowest BCUT2D eigenvalue weighted by Crippen LogP contribution is -2.66. The molecule has 0 radical (unpaired) electrons. The van der Waals surface area contributed by atoms with Crippen molar-refractivity contribution in [1.82, 2.24) is 34.9 Å². The number of alkyl halides is 2. The van der Waals surface area contributed by atoms with Gasteiger partial charge in [0.25, 0.3) is 0 Å². The molecule has 6 rings (SSSR count). The van der Waals surface area contributed by atoms with Crippen LogP contribution in [0.5, 0.6) is 0 Å². The molecule has 0 bridgehead atoms. The van der Waals surface area contributed by atoms with Crippen molar-refractivity contribution < 1.29 is 13.6 Å². The molecular weight excluding hydrogens is 490 g/mol.